The van der Waals surface area contributed by atoms with E-state index in [2.05, 4.69) is 10.3 Å². The molecule has 1 N–H and O–H groups in total. The highest BCUT2D eigenvalue weighted by Crippen LogP contribution is 2.44. The summed E-state index contributed by atoms with van der Waals surface area (Å²) in [5.41, 5.74) is 0.933. The number of ether oxygens (including phenoxy) is 1. The van der Waals surface area contributed by atoms with Crippen LogP contribution in [-0.2, 0) is 4.74 Å². The van der Waals surface area contributed by atoms with Gasteiger partial charge in [0.15, 0.2) is 0 Å². The standard InChI is InChI=1S/C22H26N4O4/c1-22(2)20(15-6-4-3-5-7-15)25(21(27)30-22)17-10-8-16(9-11-17)24-18-12-13-23-14-19(18)26(28)29/h3-7,12-14,16-17,20H,8-11H2,1-2H3,(H,23,24)/t16-,17-,20-/m0/s1. The minimum Gasteiger partial charge on any atom is -0.441 e. The molecule has 0 radical (unpaired) electrons. The van der Waals surface area contributed by atoms with Gasteiger partial charge >= 0.3 is 11.8 Å². The summed E-state index contributed by atoms with van der Waals surface area (Å²) in [6, 6.07) is 11.7. The highest BCUT2D eigenvalue weighted by Gasteiger charge is 2.51. The van der Waals surface area contributed by atoms with Crippen LogP contribution in [0.15, 0.2) is 48.8 Å². The quantitative estimate of drug-likeness (QED) is 0.567. The van der Waals surface area contributed by atoms with Crippen LogP contribution in [-0.4, -0.2) is 38.6 Å². The first-order chi connectivity index (χ1) is 14.4. The lowest BCUT2D eigenvalue weighted by Gasteiger charge is -2.38. The third-order valence-corrected chi connectivity index (χ3v) is 6.06. The van der Waals surface area contributed by atoms with E-state index >= 15 is 0 Å². The van der Waals surface area contributed by atoms with Crippen molar-refractivity contribution in [1.29, 1.82) is 0 Å². The number of anilines is 1. The number of carbonyl (C=O) groups is 1. The molecule has 4 rings (SSSR count). The fourth-order valence-corrected chi connectivity index (χ4v) is 4.70. The second-order valence-corrected chi connectivity index (χ2v) is 8.49. The fraction of sp³-hybridized carbons (Fsp3) is 0.455. The van der Waals surface area contributed by atoms with E-state index in [1.165, 1.54) is 6.20 Å². The summed E-state index contributed by atoms with van der Waals surface area (Å²) >= 11 is 0. The average Bonchev–Trinajstić information content (AvgIpc) is 2.97. The van der Waals surface area contributed by atoms with Crippen molar-refractivity contribution >= 4 is 17.5 Å². The van der Waals surface area contributed by atoms with Crippen molar-refractivity contribution in [3.05, 3.63) is 64.5 Å². The molecule has 1 amide bonds. The Kier molecular flexibility index (Phi) is 5.32. The van der Waals surface area contributed by atoms with Gasteiger partial charge in [-0.25, -0.2) is 4.79 Å². The lowest BCUT2D eigenvalue weighted by molar-refractivity contribution is -0.384. The Bertz CT molecular complexity index is 926. The molecule has 1 saturated heterocycles. The second kappa shape index (κ2) is 7.93. The van der Waals surface area contributed by atoms with Crippen molar-refractivity contribution in [3.8, 4) is 0 Å². The molecule has 0 unspecified atom stereocenters. The van der Waals surface area contributed by atoms with E-state index in [-0.39, 0.29) is 29.9 Å². The number of nitrogens with one attached hydrogen (secondary N) is 1. The van der Waals surface area contributed by atoms with Gasteiger partial charge in [-0.1, -0.05) is 30.3 Å². The number of hydrogen-bond acceptors (Lipinski definition) is 6. The molecule has 2 aliphatic rings. The monoisotopic (exact) mass is 410 g/mol. The Balaban J connectivity index is 1.47. The molecule has 1 saturated carbocycles. The van der Waals surface area contributed by atoms with Gasteiger partial charge in [0.2, 0.25) is 0 Å². The van der Waals surface area contributed by atoms with Crippen molar-refractivity contribution in [2.75, 3.05) is 5.32 Å². The van der Waals surface area contributed by atoms with Crippen LogP contribution < -0.4 is 5.32 Å². The predicted octanol–water partition coefficient (Wildman–Crippen LogP) is 4.69. The third-order valence-electron chi connectivity index (χ3n) is 6.06. The summed E-state index contributed by atoms with van der Waals surface area (Å²) < 4.78 is 5.74. The van der Waals surface area contributed by atoms with E-state index in [0.717, 1.165) is 31.2 Å². The van der Waals surface area contributed by atoms with E-state index in [0.29, 0.717) is 5.69 Å². The van der Waals surface area contributed by atoms with Crippen molar-refractivity contribution in [3.63, 3.8) is 0 Å². The largest absolute Gasteiger partial charge is 0.441 e. The highest BCUT2D eigenvalue weighted by molar-refractivity contribution is 5.72. The smallest absolute Gasteiger partial charge is 0.411 e. The minimum atomic E-state index is -0.606. The Morgan fingerprint density at radius 3 is 2.53 bits per heavy atom. The van der Waals surface area contributed by atoms with Crippen LogP contribution in [0.2, 0.25) is 0 Å². The van der Waals surface area contributed by atoms with Gasteiger partial charge in [0.1, 0.15) is 17.5 Å². The van der Waals surface area contributed by atoms with E-state index in [1.807, 2.05) is 49.1 Å². The molecular weight excluding hydrogens is 384 g/mol. The zero-order valence-corrected chi connectivity index (χ0v) is 17.2. The number of benzene rings is 1. The molecule has 2 aromatic rings. The molecule has 1 atom stereocenters. The second-order valence-electron chi connectivity index (χ2n) is 8.49. The summed E-state index contributed by atoms with van der Waals surface area (Å²) in [5, 5.41) is 14.5. The van der Waals surface area contributed by atoms with Gasteiger partial charge in [-0.15, -0.1) is 0 Å². The van der Waals surface area contributed by atoms with Gasteiger partial charge in [-0.05, 0) is 51.2 Å². The van der Waals surface area contributed by atoms with Crippen LogP contribution in [0.4, 0.5) is 16.2 Å². The molecule has 8 nitrogen and oxygen atoms in total. The average molecular weight is 410 g/mol. The number of cyclic esters (lactones) is 1. The molecule has 0 spiro atoms. The summed E-state index contributed by atoms with van der Waals surface area (Å²) in [4.78, 5) is 29.3. The maximum Gasteiger partial charge on any atom is 0.411 e. The minimum absolute atomic E-state index is 0.0198. The van der Waals surface area contributed by atoms with Gasteiger partial charge < -0.3 is 10.1 Å². The number of nitrogens with zero attached hydrogens (tertiary/aromatic N) is 3. The lowest BCUT2D eigenvalue weighted by Crippen LogP contribution is -2.44. The number of amides is 1. The van der Waals surface area contributed by atoms with Gasteiger partial charge in [0.05, 0.1) is 11.0 Å². The summed E-state index contributed by atoms with van der Waals surface area (Å²) in [6.45, 7) is 3.91. The molecule has 30 heavy (non-hydrogen) atoms. The van der Waals surface area contributed by atoms with Crippen LogP contribution in [0.25, 0.3) is 0 Å². The number of carbonyl (C=O) groups excluding carboxylic acids is 1. The van der Waals surface area contributed by atoms with E-state index in [4.69, 9.17) is 4.74 Å². The lowest BCUT2D eigenvalue weighted by atomic mass is 9.86. The molecule has 2 fully saturated rings. The molecule has 158 valence electrons. The molecule has 0 bridgehead atoms. The number of rotatable bonds is 5. The first-order valence-corrected chi connectivity index (χ1v) is 10.3. The Morgan fingerprint density at radius 1 is 1.17 bits per heavy atom. The van der Waals surface area contributed by atoms with Gasteiger partial charge in [0.25, 0.3) is 0 Å². The van der Waals surface area contributed by atoms with Crippen LogP contribution in [0.1, 0.15) is 51.1 Å². The van der Waals surface area contributed by atoms with Crippen LogP contribution >= 0.6 is 0 Å². The normalized spacial score (nSPS) is 25.6. The Labute approximate surface area is 175 Å². The zero-order valence-electron chi connectivity index (χ0n) is 17.2. The first kappa shape index (κ1) is 20.1. The summed E-state index contributed by atoms with van der Waals surface area (Å²) in [7, 11) is 0. The third kappa shape index (κ3) is 3.81. The van der Waals surface area contributed by atoms with E-state index in [9.17, 15) is 14.9 Å². The molecule has 2 heterocycles. The summed E-state index contributed by atoms with van der Waals surface area (Å²) in [6.07, 6.45) is 5.80. The maximum absolute atomic E-state index is 12.8. The number of hydrogen-bond donors (Lipinski definition) is 1. The van der Waals surface area contributed by atoms with Crippen LogP contribution in [0.5, 0.6) is 0 Å². The maximum atomic E-state index is 12.8. The Hall–Kier alpha value is -3.16. The molecule has 1 aliphatic carbocycles. The number of nitro groups is 1. The van der Waals surface area contributed by atoms with Gasteiger partial charge in [-0.2, -0.15) is 0 Å². The molecule has 1 aromatic carbocycles. The van der Waals surface area contributed by atoms with Crippen LogP contribution in [0.3, 0.4) is 0 Å². The topological polar surface area (TPSA) is 97.6 Å². The van der Waals surface area contributed by atoms with E-state index < -0.39 is 10.5 Å². The zero-order chi connectivity index (χ0) is 21.3. The van der Waals surface area contributed by atoms with Crippen molar-refractivity contribution in [2.45, 2.75) is 63.3 Å². The van der Waals surface area contributed by atoms with Crippen molar-refractivity contribution in [2.24, 2.45) is 0 Å². The molecule has 8 heteroatoms. The van der Waals surface area contributed by atoms with Crippen LogP contribution in [0, 0.1) is 10.1 Å². The number of pyridine rings is 1. The predicted molar refractivity (Wildman–Crippen MR) is 112 cm³/mol. The van der Waals surface area contributed by atoms with Gasteiger partial charge in [0, 0.05) is 18.3 Å². The highest BCUT2D eigenvalue weighted by atomic mass is 16.6. The molecular formula is C22H26N4O4. The fourth-order valence-electron chi connectivity index (χ4n) is 4.70. The molecule has 1 aromatic heterocycles. The molecule has 1 aliphatic heterocycles. The van der Waals surface area contributed by atoms with Crippen molar-refractivity contribution in [1.82, 2.24) is 9.88 Å². The first-order valence-electron chi connectivity index (χ1n) is 10.3. The Morgan fingerprint density at radius 2 is 1.87 bits per heavy atom. The SMILES string of the molecule is CC1(C)OC(=O)N([C@H]2CC[C@H](Nc3ccncc3[N+](=O)[O-])CC2)[C@H]1c1ccccc1. The van der Waals surface area contributed by atoms with Crippen molar-refractivity contribution < 1.29 is 14.5 Å². The summed E-state index contributed by atoms with van der Waals surface area (Å²) in [5.74, 6) is 0. The van der Waals surface area contributed by atoms with Gasteiger partial charge in [-0.3, -0.25) is 20.0 Å². The van der Waals surface area contributed by atoms with E-state index in [1.54, 1.807) is 12.3 Å². The number of aromatic nitrogens is 1.